The number of nitrogens with zero attached hydrogens (tertiary/aromatic N) is 3. The molecule has 7 nitrogen and oxygen atoms in total. The molecule has 0 unspecified atom stereocenters. The maximum Gasteiger partial charge on any atom is 0.272 e. The summed E-state index contributed by atoms with van der Waals surface area (Å²) < 4.78 is 18.3. The van der Waals surface area contributed by atoms with Gasteiger partial charge in [0.25, 0.3) is 5.69 Å². The molecule has 0 saturated heterocycles. The van der Waals surface area contributed by atoms with Crippen LogP contribution in [0.5, 0.6) is 0 Å². The lowest BCUT2D eigenvalue weighted by Gasteiger charge is -2.04. The van der Waals surface area contributed by atoms with E-state index >= 15 is 0 Å². The van der Waals surface area contributed by atoms with Crippen molar-refractivity contribution in [3.8, 4) is 0 Å². The van der Waals surface area contributed by atoms with Crippen LogP contribution < -0.4 is 5.32 Å². The molecule has 0 aliphatic carbocycles. The summed E-state index contributed by atoms with van der Waals surface area (Å²) in [7, 11) is 0. The number of hydrogen-bond acceptors (Lipinski definition) is 6. The van der Waals surface area contributed by atoms with Crippen molar-refractivity contribution in [1.29, 1.82) is 0 Å². The minimum absolute atomic E-state index is 0.136. The van der Waals surface area contributed by atoms with Crippen LogP contribution in [0.1, 0.15) is 11.7 Å². The molecule has 2 rings (SSSR count). The van der Waals surface area contributed by atoms with Crippen molar-refractivity contribution in [3.05, 3.63) is 45.8 Å². The summed E-state index contributed by atoms with van der Waals surface area (Å²) in [6.45, 7) is 1.81. The molecule has 8 heteroatoms. The monoisotopic (exact) mass is 252 g/mol. The molecule has 1 heterocycles. The number of aromatic nitrogens is 2. The van der Waals surface area contributed by atoms with Gasteiger partial charge in [0.15, 0.2) is 11.6 Å². The molecule has 0 spiro atoms. The van der Waals surface area contributed by atoms with Crippen molar-refractivity contribution in [2.45, 2.75) is 13.5 Å². The maximum absolute atomic E-state index is 13.5. The molecular weight excluding hydrogens is 243 g/mol. The number of nitro benzene ring substituents is 1. The van der Waals surface area contributed by atoms with E-state index in [4.69, 9.17) is 4.52 Å². The summed E-state index contributed by atoms with van der Waals surface area (Å²) in [4.78, 5) is 13.7. The lowest BCUT2D eigenvalue weighted by molar-refractivity contribution is -0.385. The van der Waals surface area contributed by atoms with Crippen LogP contribution in [-0.2, 0) is 6.54 Å². The Hall–Kier alpha value is -2.51. The van der Waals surface area contributed by atoms with Crippen molar-refractivity contribution < 1.29 is 13.8 Å². The highest BCUT2D eigenvalue weighted by Crippen LogP contribution is 2.20. The standard InChI is InChI=1S/C10H9FN4O3/c1-6-13-10(18-14-6)5-12-9-3-2-7(15(16)17)4-8(9)11/h2-4,12H,5H2,1H3. The van der Waals surface area contributed by atoms with Gasteiger partial charge in [0.1, 0.15) is 0 Å². The summed E-state index contributed by atoms with van der Waals surface area (Å²) in [6.07, 6.45) is 0. The third kappa shape index (κ3) is 2.59. The zero-order chi connectivity index (χ0) is 13.1. The Morgan fingerprint density at radius 3 is 2.89 bits per heavy atom. The topological polar surface area (TPSA) is 94.1 Å². The first-order valence-corrected chi connectivity index (χ1v) is 5.03. The van der Waals surface area contributed by atoms with Crippen LogP contribution in [-0.4, -0.2) is 15.1 Å². The van der Waals surface area contributed by atoms with E-state index in [0.717, 1.165) is 6.07 Å². The second-order valence-corrected chi connectivity index (χ2v) is 3.51. The Balaban J connectivity index is 2.08. The third-order valence-electron chi connectivity index (χ3n) is 2.16. The fourth-order valence-corrected chi connectivity index (χ4v) is 1.34. The summed E-state index contributed by atoms with van der Waals surface area (Å²) in [5, 5.41) is 16.7. The molecule has 0 saturated carbocycles. The van der Waals surface area contributed by atoms with Gasteiger partial charge >= 0.3 is 0 Å². The third-order valence-corrected chi connectivity index (χ3v) is 2.16. The van der Waals surface area contributed by atoms with Gasteiger partial charge in [0.05, 0.1) is 23.2 Å². The van der Waals surface area contributed by atoms with E-state index in [1.54, 1.807) is 6.92 Å². The molecule has 1 N–H and O–H groups in total. The van der Waals surface area contributed by atoms with Gasteiger partial charge in [-0.25, -0.2) is 4.39 Å². The number of hydrogen-bond donors (Lipinski definition) is 1. The highest BCUT2D eigenvalue weighted by Gasteiger charge is 2.11. The molecule has 18 heavy (non-hydrogen) atoms. The lowest BCUT2D eigenvalue weighted by Crippen LogP contribution is -2.02. The van der Waals surface area contributed by atoms with Gasteiger partial charge in [0, 0.05) is 6.07 Å². The number of anilines is 1. The van der Waals surface area contributed by atoms with Crippen LogP contribution in [0.2, 0.25) is 0 Å². The fraction of sp³-hybridized carbons (Fsp3) is 0.200. The molecule has 0 bridgehead atoms. The van der Waals surface area contributed by atoms with E-state index < -0.39 is 10.7 Å². The van der Waals surface area contributed by atoms with Crippen LogP contribution in [0.15, 0.2) is 22.7 Å². The van der Waals surface area contributed by atoms with Crippen LogP contribution >= 0.6 is 0 Å². The van der Waals surface area contributed by atoms with E-state index in [1.807, 2.05) is 0 Å². The summed E-state index contributed by atoms with van der Waals surface area (Å²) in [5.41, 5.74) is -0.164. The largest absolute Gasteiger partial charge is 0.374 e. The van der Waals surface area contributed by atoms with Gasteiger partial charge in [-0.05, 0) is 13.0 Å². The smallest absolute Gasteiger partial charge is 0.272 e. The number of aryl methyl sites for hydroxylation is 1. The molecular formula is C10H9FN4O3. The number of nitro groups is 1. The average molecular weight is 252 g/mol. The second-order valence-electron chi connectivity index (χ2n) is 3.51. The lowest BCUT2D eigenvalue weighted by atomic mass is 10.2. The van der Waals surface area contributed by atoms with Gasteiger partial charge in [-0.2, -0.15) is 4.98 Å². The van der Waals surface area contributed by atoms with E-state index in [1.165, 1.54) is 12.1 Å². The van der Waals surface area contributed by atoms with Gasteiger partial charge in [0.2, 0.25) is 5.89 Å². The predicted molar refractivity (Wildman–Crippen MR) is 59.4 cm³/mol. The normalized spacial score (nSPS) is 10.3. The summed E-state index contributed by atoms with van der Waals surface area (Å²) in [5.74, 6) is 0.0849. The highest BCUT2D eigenvalue weighted by atomic mass is 19.1. The average Bonchev–Trinajstić information content (AvgIpc) is 2.73. The molecule has 0 radical (unpaired) electrons. The number of rotatable bonds is 4. The van der Waals surface area contributed by atoms with Crippen LogP contribution in [0.4, 0.5) is 15.8 Å². The van der Waals surface area contributed by atoms with Gasteiger partial charge in [-0.3, -0.25) is 10.1 Å². The van der Waals surface area contributed by atoms with Crippen molar-refractivity contribution >= 4 is 11.4 Å². The molecule has 1 aromatic heterocycles. The summed E-state index contributed by atoms with van der Waals surface area (Å²) >= 11 is 0. The zero-order valence-corrected chi connectivity index (χ0v) is 9.38. The number of benzene rings is 1. The Bertz CT molecular complexity index is 584. The molecule has 2 aromatic rings. The first kappa shape index (κ1) is 12.0. The van der Waals surface area contributed by atoms with Gasteiger partial charge in [-0.15, -0.1) is 0 Å². The quantitative estimate of drug-likeness (QED) is 0.660. The van der Waals surface area contributed by atoms with Crippen LogP contribution in [0, 0.1) is 22.9 Å². The van der Waals surface area contributed by atoms with Gasteiger partial charge in [-0.1, -0.05) is 5.16 Å². The highest BCUT2D eigenvalue weighted by molar-refractivity contribution is 5.49. The zero-order valence-electron chi connectivity index (χ0n) is 9.38. The summed E-state index contributed by atoms with van der Waals surface area (Å²) in [6, 6.07) is 3.35. The Morgan fingerprint density at radius 2 is 2.33 bits per heavy atom. The van der Waals surface area contributed by atoms with E-state index in [2.05, 4.69) is 15.5 Å². The van der Waals surface area contributed by atoms with E-state index in [9.17, 15) is 14.5 Å². The van der Waals surface area contributed by atoms with Crippen molar-refractivity contribution in [2.24, 2.45) is 0 Å². The maximum atomic E-state index is 13.5. The van der Waals surface area contributed by atoms with Gasteiger partial charge < -0.3 is 9.84 Å². The molecule has 0 aliphatic heterocycles. The Morgan fingerprint density at radius 1 is 1.56 bits per heavy atom. The minimum atomic E-state index is -0.708. The minimum Gasteiger partial charge on any atom is -0.374 e. The molecule has 0 amide bonds. The molecule has 0 aliphatic rings. The Kier molecular flexibility index (Phi) is 3.18. The number of nitrogens with one attached hydrogen (secondary N) is 1. The molecule has 0 atom stereocenters. The second kappa shape index (κ2) is 4.78. The van der Waals surface area contributed by atoms with Crippen molar-refractivity contribution in [1.82, 2.24) is 10.1 Å². The van der Waals surface area contributed by atoms with Crippen molar-refractivity contribution in [3.63, 3.8) is 0 Å². The SMILES string of the molecule is Cc1noc(CNc2ccc([N+](=O)[O-])cc2F)n1. The van der Waals surface area contributed by atoms with E-state index in [0.29, 0.717) is 11.7 Å². The molecule has 0 fully saturated rings. The predicted octanol–water partition coefficient (Wildman–Crippen LogP) is 2.04. The van der Waals surface area contributed by atoms with E-state index in [-0.39, 0.29) is 17.9 Å². The van der Waals surface area contributed by atoms with Crippen molar-refractivity contribution in [2.75, 3.05) is 5.32 Å². The number of non-ortho nitro benzene ring substituents is 1. The van der Waals surface area contributed by atoms with Crippen LogP contribution in [0.3, 0.4) is 0 Å². The number of halogens is 1. The first-order valence-electron chi connectivity index (χ1n) is 5.03. The first-order chi connectivity index (χ1) is 8.56. The molecule has 94 valence electrons. The fourth-order valence-electron chi connectivity index (χ4n) is 1.34. The molecule has 1 aromatic carbocycles. The van der Waals surface area contributed by atoms with Crippen LogP contribution in [0.25, 0.3) is 0 Å². The Labute approximate surface area is 101 Å².